The molecule has 8 nitrogen and oxygen atoms in total. The van der Waals surface area contributed by atoms with Crippen molar-refractivity contribution in [2.24, 2.45) is 0 Å². The summed E-state index contributed by atoms with van der Waals surface area (Å²) < 4.78 is 0. The number of non-ortho nitro benzene ring substituents is 1. The number of H-pyrrole nitrogens is 1. The van der Waals surface area contributed by atoms with Gasteiger partial charge in [0.25, 0.3) is 5.69 Å². The smallest absolute Gasteiger partial charge is 0.326 e. The van der Waals surface area contributed by atoms with Crippen LogP contribution in [0.5, 0.6) is 0 Å². The quantitative estimate of drug-likeness (QED) is 0.568. The number of carbonyl (C=O) groups excluding carboxylic acids is 1. The van der Waals surface area contributed by atoms with Gasteiger partial charge in [0.05, 0.1) is 4.92 Å². The lowest BCUT2D eigenvalue weighted by Crippen LogP contribution is -2.20. The third-order valence-electron chi connectivity index (χ3n) is 2.07. The highest BCUT2D eigenvalue weighted by molar-refractivity contribution is 5.98. The van der Waals surface area contributed by atoms with Crippen LogP contribution in [0.1, 0.15) is 0 Å². The Morgan fingerprint density at radius 1 is 1.28 bits per heavy atom. The lowest BCUT2D eigenvalue weighted by molar-refractivity contribution is -0.384. The van der Waals surface area contributed by atoms with Crippen LogP contribution in [0.2, 0.25) is 0 Å². The van der Waals surface area contributed by atoms with Crippen LogP contribution in [0.3, 0.4) is 0 Å². The molecule has 18 heavy (non-hydrogen) atoms. The van der Waals surface area contributed by atoms with E-state index in [1.165, 1.54) is 30.5 Å². The number of aromatic nitrogens is 2. The molecule has 0 aliphatic heterocycles. The third-order valence-corrected chi connectivity index (χ3v) is 2.07. The van der Waals surface area contributed by atoms with Gasteiger partial charge in [-0.05, 0) is 12.1 Å². The maximum Gasteiger partial charge on any atom is 0.326 e. The fourth-order valence-corrected chi connectivity index (χ4v) is 1.27. The Morgan fingerprint density at radius 2 is 2.00 bits per heavy atom. The van der Waals surface area contributed by atoms with E-state index < -0.39 is 11.0 Å². The molecule has 0 bridgehead atoms. The van der Waals surface area contributed by atoms with Gasteiger partial charge in [0, 0.05) is 30.2 Å². The van der Waals surface area contributed by atoms with Gasteiger partial charge in [-0.3, -0.25) is 15.4 Å². The summed E-state index contributed by atoms with van der Waals surface area (Å²) in [5.74, 6) is 0.314. The molecule has 2 aromatic rings. The van der Waals surface area contributed by atoms with E-state index in [1.54, 1.807) is 6.20 Å². The van der Waals surface area contributed by atoms with E-state index in [4.69, 9.17) is 0 Å². The van der Waals surface area contributed by atoms with E-state index in [2.05, 4.69) is 20.6 Å². The SMILES string of the molecule is O=C(Nc1ccc([N+](=O)[O-])cc1)Nc1ncc[nH]1. The number of nitrogens with zero attached hydrogens (tertiary/aromatic N) is 2. The number of benzene rings is 1. The molecule has 2 amide bonds. The molecular formula is C10H9N5O3. The van der Waals surface area contributed by atoms with Crippen LogP contribution in [0.15, 0.2) is 36.7 Å². The minimum absolute atomic E-state index is 0.0352. The molecule has 0 fully saturated rings. The van der Waals surface area contributed by atoms with Crippen molar-refractivity contribution < 1.29 is 9.72 Å². The van der Waals surface area contributed by atoms with Crippen molar-refractivity contribution in [1.29, 1.82) is 0 Å². The normalized spacial score (nSPS) is 9.78. The zero-order chi connectivity index (χ0) is 13.0. The van der Waals surface area contributed by atoms with Crippen molar-refractivity contribution in [3.8, 4) is 0 Å². The van der Waals surface area contributed by atoms with Gasteiger partial charge in [-0.2, -0.15) is 0 Å². The molecule has 0 aliphatic carbocycles. The molecule has 8 heteroatoms. The Kier molecular flexibility index (Phi) is 3.19. The molecule has 3 N–H and O–H groups in total. The first kappa shape index (κ1) is 11.6. The maximum atomic E-state index is 11.5. The summed E-state index contributed by atoms with van der Waals surface area (Å²) >= 11 is 0. The van der Waals surface area contributed by atoms with Crippen molar-refractivity contribution in [3.05, 3.63) is 46.8 Å². The van der Waals surface area contributed by atoms with Crippen molar-refractivity contribution in [2.45, 2.75) is 0 Å². The average Bonchev–Trinajstić information content (AvgIpc) is 2.82. The molecule has 2 rings (SSSR count). The van der Waals surface area contributed by atoms with E-state index >= 15 is 0 Å². The second-order valence-corrected chi connectivity index (χ2v) is 3.32. The molecule has 92 valence electrons. The van der Waals surface area contributed by atoms with E-state index in [0.29, 0.717) is 11.6 Å². The van der Waals surface area contributed by atoms with Gasteiger partial charge in [0.15, 0.2) is 0 Å². The van der Waals surface area contributed by atoms with Crippen LogP contribution in [0, 0.1) is 10.1 Å². The zero-order valence-corrected chi connectivity index (χ0v) is 9.08. The predicted molar refractivity (Wildman–Crippen MR) is 64.3 cm³/mol. The highest BCUT2D eigenvalue weighted by Gasteiger charge is 2.06. The largest absolute Gasteiger partial charge is 0.331 e. The van der Waals surface area contributed by atoms with Gasteiger partial charge in [-0.15, -0.1) is 0 Å². The molecule has 0 spiro atoms. The predicted octanol–water partition coefficient (Wildman–Crippen LogP) is 1.96. The van der Waals surface area contributed by atoms with Gasteiger partial charge < -0.3 is 10.3 Å². The number of urea groups is 1. The molecule has 0 atom stereocenters. The number of nitrogens with one attached hydrogen (secondary N) is 3. The first-order valence-corrected chi connectivity index (χ1v) is 4.97. The van der Waals surface area contributed by atoms with E-state index in [1.807, 2.05) is 0 Å². The summed E-state index contributed by atoms with van der Waals surface area (Å²) in [7, 11) is 0. The second-order valence-electron chi connectivity index (χ2n) is 3.32. The Labute approximate surface area is 101 Å². The number of imidazole rings is 1. The number of nitro benzene ring substituents is 1. The van der Waals surface area contributed by atoms with Crippen LogP contribution < -0.4 is 10.6 Å². The van der Waals surface area contributed by atoms with E-state index in [-0.39, 0.29) is 5.69 Å². The van der Waals surface area contributed by atoms with Gasteiger partial charge in [0.1, 0.15) is 0 Å². The Hall–Kier alpha value is -2.90. The highest BCUT2D eigenvalue weighted by atomic mass is 16.6. The summed E-state index contributed by atoms with van der Waals surface area (Å²) in [5, 5.41) is 15.4. The second kappa shape index (κ2) is 4.95. The molecule has 0 aliphatic rings. The Morgan fingerprint density at radius 3 is 2.56 bits per heavy atom. The molecule has 0 saturated carbocycles. The third kappa shape index (κ3) is 2.82. The standard InChI is InChI=1S/C10H9N5O3/c16-10(14-9-11-5-6-12-9)13-7-1-3-8(4-2-7)15(17)18/h1-6H,(H3,11,12,13,14,16). The maximum absolute atomic E-state index is 11.5. The van der Waals surface area contributed by atoms with Crippen LogP contribution in [-0.2, 0) is 0 Å². The van der Waals surface area contributed by atoms with Crippen LogP contribution in [0.25, 0.3) is 0 Å². The number of hydrogen-bond acceptors (Lipinski definition) is 4. The van der Waals surface area contributed by atoms with Gasteiger partial charge in [-0.1, -0.05) is 0 Å². The number of nitro groups is 1. The monoisotopic (exact) mass is 247 g/mol. The minimum Gasteiger partial charge on any atom is -0.331 e. The molecular weight excluding hydrogens is 238 g/mol. The summed E-state index contributed by atoms with van der Waals surface area (Å²) in [6.07, 6.45) is 3.07. The molecule has 1 aromatic carbocycles. The lowest BCUT2D eigenvalue weighted by atomic mass is 10.3. The van der Waals surface area contributed by atoms with Crippen molar-refractivity contribution in [2.75, 3.05) is 10.6 Å². The fraction of sp³-hybridized carbons (Fsp3) is 0. The van der Waals surface area contributed by atoms with Crippen molar-refractivity contribution in [1.82, 2.24) is 9.97 Å². The molecule has 1 heterocycles. The van der Waals surface area contributed by atoms with Crippen molar-refractivity contribution >= 4 is 23.4 Å². The molecule has 0 saturated heterocycles. The average molecular weight is 247 g/mol. The topological polar surface area (TPSA) is 113 Å². The number of anilines is 2. The van der Waals surface area contributed by atoms with Gasteiger partial charge >= 0.3 is 6.03 Å². The minimum atomic E-state index is -0.507. The summed E-state index contributed by atoms with van der Waals surface area (Å²) in [6, 6.07) is 5.02. The van der Waals surface area contributed by atoms with Crippen LogP contribution in [0.4, 0.5) is 22.1 Å². The zero-order valence-electron chi connectivity index (χ0n) is 9.08. The molecule has 0 radical (unpaired) electrons. The number of carbonyl (C=O) groups is 1. The summed E-state index contributed by atoms with van der Waals surface area (Å²) in [5.41, 5.74) is 0.414. The molecule has 1 aromatic heterocycles. The lowest BCUT2D eigenvalue weighted by Gasteiger charge is -2.04. The first-order chi connectivity index (χ1) is 8.65. The summed E-state index contributed by atoms with van der Waals surface area (Å²) in [4.78, 5) is 27.9. The highest BCUT2D eigenvalue weighted by Crippen LogP contribution is 2.15. The van der Waals surface area contributed by atoms with E-state index in [9.17, 15) is 14.9 Å². The number of amides is 2. The number of rotatable bonds is 3. The Balaban J connectivity index is 1.97. The number of hydrogen-bond donors (Lipinski definition) is 3. The van der Waals surface area contributed by atoms with Gasteiger partial charge in [0.2, 0.25) is 5.95 Å². The van der Waals surface area contributed by atoms with Crippen LogP contribution >= 0.6 is 0 Å². The summed E-state index contributed by atoms with van der Waals surface area (Å²) in [6.45, 7) is 0. The van der Waals surface area contributed by atoms with Crippen LogP contribution in [-0.4, -0.2) is 20.9 Å². The van der Waals surface area contributed by atoms with E-state index in [0.717, 1.165) is 0 Å². The van der Waals surface area contributed by atoms with Gasteiger partial charge in [-0.25, -0.2) is 9.78 Å². The Bertz CT molecular complexity index is 549. The van der Waals surface area contributed by atoms with Crippen molar-refractivity contribution in [3.63, 3.8) is 0 Å². The molecule has 0 unspecified atom stereocenters. The fourth-order valence-electron chi connectivity index (χ4n) is 1.27. The first-order valence-electron chi connectivity index (χ1n) is 4.97. The number of aromatic amines is 1.